The number of anilines is 1. The summed E-state index contributed by atoms with van der Waals surface area (Å²) < 4.78 is 5.79. The molecule has 4 rings (SSSR count). The van der Waals surface area contributed by atoms with Crippen molar-refractivity contribution in [3.63, 3.8) is 0 Å². The number of benzene rings is 1. The largest absolute Gasteiger partial charge is 0.492 e. The number of pyridine rings is 2. The molecule has 33 heavy (non-hydrogen) atoms. The fourth-order valence-corrected chi connectivity index (χ4v) is 4.42. The lowest BCUT2D eigenvalue weighted by molar-refractivity contribution is 0.0944. The van der Waals surface area contributed by atoms with E-state index in [9.17, 15) is 4.79 Å². The van der Waals surface area contributed by atoms with E-state index in [4.69, 9.17) is 27.9 Å². The van der Waals surface area contributed by atoms with E-state index in [1.54, 1.807) is 30.6 Å². The number of halogens is 2. The van der Waals surface area contributed by atoms with E-state index in [2.05, 4.69) is 20.2 Å². The third kappa shape index (κ3) is 6.59. The molecule has 1 N–H and O–H groups in total. The van der Waals surface area contributed by atoms with Crippen molar-refractivity contribution in [1.29, 1.82) is 0 Å². The van der Waals surface area contributed by atoms with Gasteiger partial charge in [-0.15, -0.1) is 0 Å². The summed E-state index contributed by atoms with van der Waals surface area (Å²) in [6.07, 6.45) is 9.51. The van der Waals surface area contributed by atoms with Gasteiger partial charge in [-0.3, -0.25) is 14.8 Å². The molecule has 1 fully saturated rings. The van der Waals surface area contributed by atoms with E-state index in [0.29, 0.717) is 46.8 Å². The van der Waals surface area contributed by atoms with Crippen molar-refractivity contribution in [3.05, 3.63) is 82.4 Å². The van der Waals surface area contributed by atoms with Gasteiger partial charge in [0.2, 0.25) is 0 Å². The minimum atomic E-state index is -0.134. The Hall–Kier alpha value is -2.83. The predicted molar refractivity (Wildman–Crippen MR) is 131 cm³/mol. The van der Waals surface area contributed by atoms with E-state index in [0.717, 1.165) is 31.5 Å². The molecule has 1 aliphatic heterocycles. The zero-order valence-corrected chi connectivity index (χ0v) is 19.7. The summed E-state index contributed by atoms with van der Waals surface area (Å²) >= 11 is 12.1. The Morgan fingerprint density at radius 1 is 1.06 bits per heavy atom. The molecule has 0 spiro atoms. The van der Waals surface area contributed by atoms with Crippen LogP contribution in [0.3, 0.4) is 0 Å². The number of nitrogens with zero attached hydrogens (tertiary/aromatic N) is 3. The Morgan fingerprint density at radius 3 is 2.61 bits per heavy atom. The zero-order valence-electron chi connectivity index (χ0n) is 18.2. The Labute approximate surface area is 203 Å². The second kappa shape index (κ2) is 11.3. The van der Waals surface area contributed by atoms with Crippen LogP contribution in [0.5, 0.6) is 5.75 Å². The number of rotatable bonds is 8. The fourth-order valence-electron chi connectivity index (χ4n) is 3.91. The van der Waals surface area contributed by atoms with Gasteiger partial charge in [-0.05, 0) is 54.7 Å². The van der Waals surface area contributed by atoms with Gasteiger partial charge in [-0.1, -0.05) is 29.3 Å². The van der Waals surface area contributed by atoms with Crippen LogP contribution in [0, 0.1) is 5.92 Å². The molecule has 0 bridgehead atoms. The fraction of sp³-hybridized carbons (Fsp3) is 0.320. The summed E-state index contributed by atoms with van der Waals surface area (Å²) in [4.78, 5) is 23.2. The van der Waals surface area contributed by atoms with Crippen LogP contribution in [0.4, 0.5) is 5.69 Å². The van der Waals surface area contributed by atoms with Crippen molar-refractivity contribution in [2.75, 3.05) is 31.1 Å². The maximum absolute atomic E-state index is 12.6. The molecule has 3 aromatic rings. The molecule has 1 saturated heterocycles. The SMILES string of the molecule is O=C(NCC1CCN(c2ccncc2)CC1)c1cncc(OCCc2ccc(Cl)cc2Cl)c1. The van der Waals surface area contributed by atoms with Crippen molar-refractivity contribution in [2.45, 2.75) is 19.3 Å². The van der Waals surface area contributed by atoms with Gasteiger partial charge >= 0.3 is 0 Å². The molecule has 2 aromatic heterocycles. The first-order valence-electron chi connectivity index (χ1n) is 11.0. The molecule has 1 amide bonds. The number of nitrogens with one attached hydrogen (secondary N) is 1. The van der Waals surface area contributed by atoms with Gasteiger partial charge in [0.25, 0.3) is 5.91 Å². The van der Waals surface area contributed by atoms with Crippen LogP contribution in [0.2, 0.25) is 10.0 Å². The number of carbonyl (C=O) groups excluding carboxylic acids is 1. The highest BCUT2D eigenvalue weighted by Crippen LogP contribution is 2.23. The summed E-state index contributed by atoms with van der Waals surface area (Å²) in [6, 6.07) is 11.2. The van der Waals surface area contributed by atoms with E-state index >= 15 is 0 Å². The predicted octanol–water partition coefficient (Wildman–Crippen LogP) is 5.05. The molecule has 0 unspecified atom stereocenters. The smallest absolute Gasteiger partial charge is 0.252 e. The van der Waals surface area contributed by atoms with Crippen LogP contribution >= 0.6 is 23.2 Å². The van der Waals surface area contributed by atoms with Crippen molar-refractivity contribution in [3.8, 4) is 5.75 Å². The van der Waals surface area contributed by atoms with E-state index in [1.165, 1.54) is 5.69 Å². The molecule has 8 heteroatoms. The van der Waals surface area contributed by atoms with Crippen molar-refractivity contribution >= 4 is 34.8 Å². The number of piperidine rings is 1. The van der Waals surface area contributed by atoms with Gasteiger partial charge in [-0.25, -0.2) is 0 Å². The highest BCUT2D eigenvalue weighted by Gasteiger charge is 2.20. The number of ether oxygens (including phenoxy) is 1. The van der Waals surface area contributed by atoms with Crippen LogP contribution < -0.4 is 15.0 Å². The van der Waals surface area contributed by atoms with Crippen molar-refractivity contribution in [1.82, 2.24) is 15.3 Å². The normalized spacial score (nSPS) is 14.2. The molecule has 0 saturated carbocycles. The Bertz CT molecular complexity index is 1070. The minimum Gasteiger partial charge on any atom is -0.492 e. The molecule has 6 nitrogen and oxygen atoms in total. The van der Waals surface area contributed by atoms with E-state index in [-0.39, 0.29) is 5.91 Å². The molecular weight excluding hydrogens is 459 g/mol. The molecule has 3 heterocycles. The van der Waals surface area contributed by atoms with E-state index < -0.39 is 0 Å². The molecule has 1 aliphatic rings. The van der Waals surface area contributed by atoms with Crippen LogP contribution in [0.15, 0.2) is 61.2 Å². The van der Waals surface area contributed by atoms with Gasteiger partial charge < -0.3 is 15.0 Å². The first-order chi connectivity index (χ1) is 16.1. The highest BCUT2D eigenvalue weighted by molar-refractivity contribution is 6.35. The van der Waals surface area contributed by atoms with Crippen molar-refractivity contribution in [2.24, 2.45) is 5.92 Å². The average Bonchev–Trinajstić information content (AvgIpc) is 2.85. The van der Waals surface area contributed by atoms with Crippen LogP contribution in [0.1, 0.15) is 28.8 Å². The number of carbonyl (C=O) groups is 1. The first-order valence-corrected chi connectivity index (χ1v) is 11.8. The molecule has 0 radical (unpaired) electrons. The third-order valence-electron chi connectivity index (χ3n) is 5.82. The van der Waals surface area contributed by atoms with Crippen molar-refractivity contribution < 1.29 is 9.53 Å². The summed E-state index contributed by atoms with van der Waals surface area (Å²) in [5.41, 5.74) is 2.65. The highest BCUT2D eigenvalue weighted by atomic mass is 35.5. The Morgan fingerprint density at radius 2 is 1.85 bits per heavy atom. The summed E-state index contributed by atoms with van der Waals surface area (Å²) in [5.74, 6) is 0.882. The molecule has 0 aliphatic carbocycles. The molecule has 0 atom stereocenters. The maximum Gasteiger partial charge on any atom is 0.252 e. The third-order valence-corrected chi connectivity index (χ3v) is 6.41. The maximum atomic E-state index is 12.6. The number of aromatic nitrogens is 2. The lowest BCUT2D eigenvalue weighted by atomic mass is 9.96. The number of hydrogen-bond acceptors (Lipinski definition) is 5. The van der Waals surface area contributed by atoms with Crippen LogP contribution in [-0.2, 0) is 6.42 Å². The van der Waals surface area contributed by atoms with E-state index in [1.807, 2.05) is 30.6 Å². The molecule has 172 valence electrons. The summed E-state index contributed by atoms with van der Waals surface area (Å²) in [7, 11) is 0. The quantitative estimate of drug-likeness (QED) is 0.484. The monoisotopic (exact) mass is 484 g/mol. The minimum absolute atomic E-state index is 0.134. The van der Waals surface area contributed by atoms with Gasteiger partial charge in [0.05, 0.1) is 18.4 Å². The topological polar surface area (TPSA) is 67.4 Å². The lowest BCUT2D eigenvalue weighted by Gasteiger charge is -2.33. The second-order valence-corrected chi connectivity index (χ2v) is 8.93. The van der Waals surface area contributed by atoms with Crippen LogP contribution in [-0.4, -0.2) is 42.1 Å². The number of amides is 1. The summed E-state index contributed by atoms with van der Waals surface area (Å²) in [5, 5.41) is 4.27. The van der Waals surface area contributed by atoms with Gasteiger partial charge in [0.15, 0.2) is 0 Å². The second-order valence-electron chi connectivity index (χ2n) is 8.09. The van der Waals surface area contributed by atoms with Gasteiger partial charge in [0, 0.05) is 60.4 Å². The summed E-state index contributed by atoms with van der Waals surface area (Å²) in [6.45, 7) is 3.04. The van der Waals surface area contributed by atoms with Gasteiger partial charge in [-0.2, -0.15) is 0 Å². The standard InChI is InChI=1S/C25H26Cl2N4O2/c26-21-2-1-19(24(27)14-21)7-12-33-23-13-20(16-29-17-23)25(32)30-15-18-5-10-31(11-6-18)22-3-8-28-9-4-22/h1-4,8-9,13-14,16-18H,5-7,10-12,15H2,(H,30,32). The Kier molecular flexibility index (Phi) is 8.02. The van der Waals surface area contributed by atoms with Crippen LogP contribution in [0.25, 0.3) is 0 Å². The Balaban J connectivity index is 1.22. The first kappa shape index (κ1) is 23.3. The molecule has 1 aromatic carbocycles. The number of hydrogen-bond donors (Lipinski definition) is 1. The molecular formula is C25H26Cl2N4O2. The average molecular weight is 485 g/mol. The zero-order chi connectivity index (χ0) is 23.0. The van der Waals surface area contributed by atoms with Gasteiger partial charge in [0.1, 0.15) is 5.75 Å². The lowest BCUT2D eigenvalue weighted by Crippen LogP contribution is -2.38.